The molecule has 11 heavy (non-hydrogen) atoms. The zero-order valence-electron chi connectivity index (χ0n) is 6.96. The van der Waals surface area contributed by atoms with Gasteiger partial charge >= 0.3 is 0 Å². The second-order valence-electron chi connectivity index (χ2n) is 3.50. The first kappa shape index (κ1) is 8.68. The SMILES string of the molecule is CC(C)(O)C1COCCC1=O. The summed E-state index contributed by atoms with van der Waals surface area (Å²) in [4.78, 5) is 11.2. The van der Waals surface area contributed by atoms with E-state index in [2.05, 4.69) is 0 Å². The summed E-state index contributed by atoms with van der Waals surface area (Å²) in [7, 11) is 0. The van der Waals surface area contributed by atoms with Crippen LogP contribution < -0.4 is 0 Å². The Hall–Kier alpha value is -0.410. The van der Waals surface area contributed by atoms with Crippen molar-refractivity contribution in [2.45, 2.75) is 25.9 Å². The molecule has 0 saturated carbocycles. The van der Waals surface area contributed by atoms with Gasteiger partial charge in [0.25, 0.3) is 0 Å². The van der Waals surface area contributed by atoms with Crippen LogP contribution >= 0.6 is 0 Å². The van der Waals surface area contributed by atoms with E-state index < -0.39 is 5.60 Å². The molecular weight excluding hydrogens is 144 g/mol. The zero-order valence-corrected chi connectivity index (χ0v) is 6.96. The van der Waals surface area contributed by atoms with Crippen molar-refractivity contribution in [3.05, 3.63) is 0 Å². The van der Waals surface area contributed by atoms with E-state index in [0.29, 0.717) is 19.6 Å². The highest BCUT2D eigenvalue weighted by Crippen LogP contribution is 2.22. The summed E-state index contributed by atoms with van der Waals surface area (Å²) in [5.41, 5.74) is -0.933. The number of rotatable bonds is 1. The molecule has 64 valence electrons. The summed E-state index contributed by atoms with van der Waals surface area (Å²) < 4.78 is 5.10. The fourth-order valence-electron chi connectivity index (χ4n) is 1.24. The molecule has 0 radical (unpaired) electrons. The molecule has 1 unspecified atom stereocenters. The second-order valence-corrected chi connectivity index (χ2v) is 3.50. The number of ether oxygens (including phenoxy) is 1. The van der Waals surface area contributed by atoms with Gasteiger partial charge in [-0.25, -0.2) is 0 Å². The number of carbonyl (C=O) groups is 1. The van der Waals surface area contributed by atoms with Crippen molar-refractivity contribution in [2.75, 3.05) is 13.2 Å². The summed E-state index contributed by atoms with van der Waals surface area (Å²) in [6.07, 6.45) is 0.439. The van der Waals surface area contributed by atoms with Crippen LogP contribution in [0.3, 0.4) is 0 Å². The van der Waals surface area contributed by atoms with Gasteiger partial charge in [0.05, 0.1) is 24.7 Å². The molecule has 0 bridgehead atoms. The predicted octanol–water partition coefficient (Wildman–Crippen LogP) is 0.363. The Kier molecular flexibility index (Phi) is 2.30. The summed E-state index contributed by atoms with van der Waals surface area (Å²) in [6.45, 7) is 4.16. The molecule has 0 aliphatic carbocycles. The highest BCUT2D eigenvalue weighted by molar-refractivity contribution is 5.82. The van der Waals surface area contributed by atoms with Gasteiger partial charge in [0.2, 0.25) is 0 Å². The van der Waals surface area contributed by atoms with E-state index in [1.807, 2.05) is 0 Å². The maximum absolute atomic E-state index is 11.2. The van der Waals surface area contributed by atoms with Crippen LogP contribution in [-0.2, 0) is 9.53 Å². The minimum absolute atomic E-state index is 0.115. The summed E-state index contributed by atoms with van der Waals surface area (Å²) in [5.74, 6) is -0.222. The van der Waals surface area contributed by atoms with Crippen LogP contribution in [0.15, 0.2) is 0 Å². The Morgan fingerprint density at radius 1 is 1.64 bits per heavy atom. The van der Waals surface area contributed by atoms with E-state index >= 15 is 0 Å². The molecular formula is C8H14O3. The minimum Gasteiger partial charge on any atom is -0.390 e. The van der Waals surface area contributed by atoms with Crippen LogP contribution in [-0.4, -0.2) is 29.7 Å². The van der Waals surface area contributed by atoms with Gasteiger partial charge in [0, 0.05) is 6.42 Å². The highest BCUT2D eigenvalue weighted by Gasteiger charge is 2.35. The monoisotopic (exact) mass is 158 g/mol. The molecule has 1 atom stereocenters. The molecule has 1 fully saturated rings. The van der Waals surface area contributed by atoms with E-state index in [-0.39, 0.29) is 11.7 Å². The van der Waals surface area contributed by atoms with E-state index in [4.69, 9.17) is 4.74 Å². The molecule has 1 saturated heterocycles. The van der Waals surface area contributed by atoms with Crippen LogP contribution in [0, 0.1) is 5.92 Å². The molecule has 0 aromatic heterocycles. The largest absolute Gasteiger partial charge is 0.390 e. The normalized spacial score (nSPS) is 27.2. The quantitative estimate of drug-likeness (QED) is 0.599. The van der Waals surface area contributed by atoms with Gasteiger partial charge in [0.1, 0.15) is 5.78 Å². The average Bonchev–Trinajstić information content (AvgIpc) is 1.86. The number of aliphatic hydroxyl groups is 1. The number of Topliss-reactive ketones (excluding diaryl/α,β-unsaturated/α-hetero) is 1. The maximum Gasteiger partial charge on any atom is 0.143 e. The van der Waals surface area contributed by atoms with Gasteiger partial charge in [0.15, 0.2) is 0 Å². The molecule has 1 heterocycles. The summed E-state index contributed by atoms with van der Waals surface area (Å²) in [6, 6.07) is 0. The first-order valence-electron chi connectivity index (χ1n) is 3.84. The van der Waals surface area contributed by atoms with Gasteiger partial charge in [-0.15, -0.1) is 0 Å². The Morgan fingerprint density at radius 2 is 2.27 bits per heavy atom. The fourth-order valence-corrected chi connectivity index (χ4v) is 1.24. The molecule has 0 spiro atoms. The fraction of sp³-hybridized carbons (Fsp3) is 0.875. The van der Waals surface area contributed by atoms with Crippen molar-refractivity contribution in [1.82, 2.24) is 0 Å². The van der Waals surface area contributed by atoms with Crippen molar-refractivity contribution in [2.24, 2.45) is 5.92 Å². The molecule has 1 N–H and O–H groups in total. The number of hydrogen-bond donors (Lipinski definition) is 1. The van der Waals surface area contributed by atoms with Crippen LogP contribution in [0.5, 0.6) is 0 Å². The third-order valence-corrected chi connectivity index (χ3v) is 2.02. The van der Waals surface area contributed by atoms with Crippen LogP contribution in [0.4, 0.5) is 0 Å². The van der Waals surface area contributed by atoms with Gasteiger partial charge in [-0.2, -0.15) is 0 Å². The zero-order chi connectivity index (χ0) is 8.48. The smallest absolute Gasteiger partial charge is 0.143 e. The highest BCUT2D eigenvalue weighted by atomic mass is 16.5. The average molecular weight is 158 g/mol. The first-order valence-corrected chi connectivity index (χ1v) is 3.84. The lowest BCUT2D eigenvalue weighted by atomic mass is 9.86. The Labute approximate surface area is 66.4 Å². The Morgan fingerprint density at radius 3 is 2.64 bits per heavy atom. The summed E-state index contributed by atoms with van der Waals surface area (Å²) >= 11 is 0. The standard InChI is InChI=1S/C8H14O3/c1-8(2,10)6-5-11-4-3-7(6)9/h6,10H,3-5H2,1-2H3. The lowest BCUT2D eigenvalue weighted by Crippen LogP contribution is -2.43. The van der Waals surface area contributed by atoms with Crippen LogP contribution in [0.1, 0.15) is 20.3 Å². The molecule has 1 rings (SSSR count). The van der Waals surface area contributed by atoms with Gasteiger partial charge in [-0.3, -0.25) is 4.79 Å². The number of hydrogen-bond acceptors (Lipinski definition) is 3. The van der Waals surface area contributed by atoms with Crippen LogP contribution in [0.2, 0.25) is 0 Å². The molecule has 0 aromatic carbocycles. The topological polar surface area (TPSA) is 46.5 Å². The van der Waals surface area contributed by atoms with Crippen molar-refractivity contribution in [1.29, 1.82) is 0 Å². The lowest BCUT2D eigenvalue weighted by molar-refractivity contribution is -0.141. The van der Waals surface area contributed by atoms with E-state index in [1.54, 1.807) is 13.8 Å². The second kappa shape index (κ2) is 2.91. The number of carbonyl (C=O) groups excluding carboxylic acids is 1. The maximum atomic E-state index is 11.2. The molecule has 3 heteroatoms. The summed E-state index contributed by atoms with van der Waals surface area (Å²) in [5, 5.41) is 9.51. The van der Waals surface area contributed by atoms with E-state index in [9.17, 15) is 9.90 Å². The minimum atomic E-state index is -0.933. The molecule has 0 amide bonds. The van der Waals surface area contributed by atoms with Crippen molar-refractivity contribution in [3.63, 3.8) is 0 Å². The van der Waals surface area contributed by atoms with E-state index in [1.165, 1.54) is 0 Å². The number of ketones is 1. The Balaban J connectivity index is 2.62. The third kappa shape index (κ3) is 2.01. The van der Waals surface area contributed by atoms with Crippen molar-refractivity contribution >= 4 is 5.78 Å². The Bertz CT molecular complexity index is 157. The predicted molar refractivity (Wildman–Crippen MR) is 40.2 cm³/mol. The van der Waals surface area contributed by atoms with Gasteiger partial charge in [-0.05, 0) is 13.8 Å². The molecule has 3 nitrogen and oxygen atoms in total. The van der Waals surface area contributed by atoms with E-state index in [0.717, 1.165) is 0 Å². The van der Waals surface area contributed by atoms with Crippen LogP contribution in [0.25, 0.3) is 0 Å². The van der Waals surface area contributed by atoms with Crippen molar-refractivity contribution < 1.29 is 14.6 Å². The van der Waals surface area contributed by atoms with Gasteiger partial charge in [-0.1, -0.05) is 0 Å². The lowest BCUT2D eigenvalue weighted by Gasteiger charge is -2.30. The van der Waals surface area contributed by atoms with Crippen molar-refractivity contribution in [3.8, 4) is 0 Å². The molecule has 1 aliphatic rings. The molecule has 0 aromatic rings. The molecule has 1 aliphatic heterocycles. The third-order valence-electron chi connectivity index (χ3n) is 2.02. The first-order chi connectivity index (χ1) is 5.02. The van der Waals surface area contributed by atoms with Gasteiger partial charge < -0.3 is 9.84 Å².